The van der Waals surface area contributed by atoms with Crippen LogP contribution in [0.1, 0.15) is 18.4 Å². The topological polar surface area (TPSA) is 86.4 Å². The van der Waals surface area contributed by atoms with E-state index in [9.17, 15) is 0 Å². The van der Waals surface area contributed by atoms with Crippen molar-refractivity contribution in [3.05, 3.63) is 85.1 Å². The van der Waals surface area contributed by atoms with Gasteiger partial charge in [-0.1, -0.05) is 6.07 Å². The van der Waals surface area contributed by atoms with Crippen LogP contribution in [0.25, 0.3) is 55.6 Å². The first-order chi connectivity index (χ1) is 17.8. The van der Waals surface area contributed by atoms with Gasteiger partial charge in [-0.3, -0.25) is 25.0 Å². The van der Waals surface area contributed by atoms with E-state index in [1.54, 1.807) is 12.4 Å². The molecule has 6 aromatic rings. The van der Waals surface area contributed by atoms with Crippen LogP contribution in [0.5, 0.6) is 0 Å². The molecule has 6 heterocycles. The molecule has 36 heavy (non-hydrogen) atoms. The molecule has 5 aromatic heterocycles. The number of aromatic nitrogens is 6. The number of aromatic amines is 2. The van der Waals surface area contributed by atoms with Gasteiger partial charge in [0.15, 0.2) is 0 Å². The molecule has 1 aromatic carbocycles. The van der Waals surface area contributed by atoms with Crippen molar-refractivity contribution in [2.75, 3.05) is 13.1 Å². The van der Waals surface area contributed by atoms with Crippen LogP contribution in [0.3, 0.4) is 0 Å². The van der Waals surface area contributed by atoms with Gasteiger partial charge in [-0.15, -0.1) is 0 Å². The number of nitrogens with one attached hydrogen (secondary N) is 2. The lowest BCUT2D eigenvalue weighted by Crippen LogP contribution is -2.18. The second-order valence-electron chi connectivity index (χ2n) is 9.44. The summed E-state index contributed by atoms with van der Waals surface area (Å²) in [6.07, 6.45) is 11.9. The molecule has 1 saturated heterocycles. The Balaban J connectivity index is 1.28. The number of rotatable bonds is 5. The predicted molar refractivity (Wildman–Crippen MR) is 142 cm³/mol. The van der Waals surface area contributed by atoms with Gasteiger partial charge < -0.3 is 4.98 Å². The standard InChI is InChI=1S/C29H25N7/c1-2-12-36(11-1)18-19-13-22(17-31-16-19)21-3-4-26-23(14-21)29(35-34-26)27-15-24-25(33-27)7-10-32-28(24)20-5-8-30-9-6-20/h3-10,13-17,33H,1-2,11-12,18H2,(H,34,35). The van der Waals surface area contributed by atoms with E-state index >= 15 is 0 Å². The lowest BCUT2D eigenvalue weighted by molar-refractivity contribution is 0.331. The molecule has 2 N–H and O–H groups in total. The first-order valence-corrected chi connectivity index (χ1v) is 12.4. The summed E-state index contributed by atoms with van der Waals surface area (Å²) in [5.74, 6) is 0. The molecule has 7 nitrogen and oxygen atoms in total. The number of hydrogen-bond acceptors (Lipinski definition) is 5. The Hall–Kier alpha value is -4.36. The largest absolute Gasteiger partial charge is 0.353 e. The molecule has 0 aliphatic carbocycles. The first-order valence-electron chi connectivity index (χ1n) is 12.4. The number of hydrogen-bond donors (Lipinski definition) is 2. The molecule has 0 amide bonds. The van der Waals surface area contributed by atoms with Gasteiger partial charge >= 0.3 is 0 Å². The summed E-state index contributed by atoms with van der Waals surface area (Å²) >= 11 is 0. The Morgan fingerprint density at radius 2 is 1.58 bits per heavy atom. The predicted octanol–water partition coefficient (Wildman–Crippen LogP) is 5.83. The zero-order valence-corrected chi connectivity index (χ0v) is 19.8. The van der Waals surface area contributed by atoms with Crippen molar-refractivity contribution < 1.29 is 0 Å². The van der Waals surface area contributed by atoms with Crippen LogP contribution in [-0.4, -0.2) is 48.1 Å². The molecular formula is C29H25N7. The van der Waals surface area contributed by atoms with Crippen molar-refractivity contribution in [2.24, 2.45) is 0 Å². The summed E-state index contributed by atoms with van der Waals surface area (Å²) in [7, 11) is 0. The van der Waals surface area contributed by atoms with Crippen LogP contribution in [0, 0.1) is 0 Å². The van der Waals surface area contributed by atoms with Crippen molar-refractivity contribution in [3.63, 3.8) is 0 Å². The lowest BCUT2D eigenvalue weighted by atomic mass is 10.0. The van der Waals surface area contributed by atoms with E-state index < -0.39 is 0 Å². The van der Waals surface area contributed by atoms with Crippen molar-refractivity contribution in [2.45, 2.75) is 19.4 Å². The maximum Gasteiger partial charge on any atom is 0.116 e. The highest BCUT2D eigenvalue weighted by Gasteiger charge is 2.16. The fourth-order valence-electron chi connectivity index (χ4n) is 5.25. The van der Waals surface area contributed by atoms with Crippen molar-refractivity contribution >= 4 is 21.8 Å². The molecule has 0 unspecified atom stereocenters. The van der Waals surface area contributed by atoms with Gasteiger partial charge in [0.2, 0.25) is 0 Å². The summed E-state index contributed by atoms with van der Waals surface area (Å²) in [5.41, 5.74) is 9.36. The van der Waals surface area contributed by atoms with Gasteiger partial charge in [0, 0.05) is 64.9 Å². The fraction of sp³-hybridized carbons (Fsp3) is 0.172. The van der Waals surface area contributed by atoms with Crippen LogP contribution in [0.2, 0.25) is 0 Å². The van der Waals surface area contributed by atoms with Gasteiger partial charge in [-0.2, -0.15) is 5.10 Å². The molecule has 0 atom stereocenters. The molecule has 1 fully saturated rings. The van der Waals surface area contributed by atoms with E-state index in [0.717, 1.165) is 62.1 Å². The summed E-state index contributed by atoms with van der Waals surface area (Å²) in [6.45, 7) is 3.32. The van der Waals surface area contributed by atoms with Crippen molar-refractivity contribution in [1.29, 1.82) is 0 Å². The van der Waals surface area contributed by atoms with Crippen LogP contribution in [0.4, 0.5) is 0 Å². The smallest absolute Gasteiger partial charge is 0.116 e. The minimum Gasteiger partial charge on any atom is -0.353 e. The van der Waals surface area contributed by atoms with E-state index in [2.05, 4.69) is 65.4 Å². The van der Waals surface area contributed by atoms with Crippen molar-refractivity contribution in [1.82, 2.24) is 35.0 Å². The highest BCUT2D eigenvalue weighted by molar-refractivity contribution is 6.00. The Bertz CT molecular complexity index is 1680. The number of benzene rings is 1. The average molecular weight is 472 g/mol. The van der Waals surface area contributed by atoms with E-state index in [0.29, 0.717) is 0 Å². The van der Waals surface area contributed by atoms with Gasteiger partial charge in [-0.05, 0) is 79.5 Å². The molecule has 1 aliphatic rings. The number of nitrogens with zero attached hydrogens (tertiary/aromatic N) is 5. The van der Waals surface area contributed by atoms with Crippen LogP contribution in [-0.2, 0) is 6.54 Å². The highest BCUT2D eigenvalue weighted by atomic mass is 15.1. The Morgan fingerprint density at radius 3 is 2.47 bits per heavy atom. The minimum atomic E-state index is 0.893. The summed E-state index contributed by atoms with van der Waals surface area (Å²) in [4.78, 5) is 19.4. The molecule has 7 heteroatoms. The zero-order valence-electron chi connectivity index (χ0n) is 19.8. The SMILES string of the molecule is c1cc(-c2nccc3[nH]c(-c4n[nH]c5ccc(-c6cncc(CN7CCCC7)c6)cc45)cc23)ccn1. The Morgan fingerprint density at radius 1 is 0.722 bits per heavy atom. The third-order valence-corrected chi connectivity index (χ3v) is 7.05. The van der Waals surface area contributed by atoms with Gasteiger partial charge in [-0.25, -0.2) is 0 Å². The second kappa shape index (κ2) is 8.70. The monoisotopic (exact) mass is 471 g/mol. The van der Waals surface area contributed by atoms with E-state index in [-0.39, 0.29) is 0 Å². The van der Waals surface area contributed by atoms with Crippen LogP contribution in [0.15, 0.2) is 79.5 Å². The fourth-order valence-corrected chi connectivity index (χ4v) is 5.25. The molecule has 176 valence electrons. The summed E-state index contributed by atoms with van der Waals surface area (Å²) in [5, 5.41) is 10.0. The zero-order chi connectivity index (χ0) is 23.9. The average Bonchev–Trinajstić information content (AvgIpc) is 3.68. The lowest BCUT2D eigenvalue weighted by Gasteiger charge is -2.14. The van der Waals surface area contributed by atoms with Crippen LogP contribution < -0.4 is 0 Å². The Kier molecular flexibility index (Phi) is 5.06. The van der Waals surface area contributed by atoms with Gasteiger partial charge in [0.25, 0.3) is 0 Å². The van der Waals surface area contributed by atoms with Gasteiger partial charge in [0.05, 0.1) is 16.9 Å². The molecule has 1 aliphatic heterocycles. The number of pyridine rings is 3. The molecule has 7 rings (SSSR count). The Labute approximate surface area is 208 Å². The van der Waals surface area contributed by atoms with E-state index in [4.69, 9.17) is 0 Å². The first kappa shape index (κ1) is 21.0. The summed E-state index contributed by atoms with van der Waals surface area (Å²) < 4.78 is 0. The molecule has 0 saturated carbocycles. The number of H-pyrrole nitrogens is 2. The minimum absolute atomic E-state index is 0.893. The molecular weight excluding hydrogens is 446 g/mol. The third-order valence-electron chi connectivity index (χ3n) is 7.05. The van der Waals surface area contributed by atoms with E-state index in [1.807, 2.05) is 36.8 Å². The second-order valence-corrected chi connectivity index (χ2v) is 9.44. The molecule has 0 bridgehead atoms. The third kappa shape index (κ3) is 3.74. The number of fused-ring (bicyclic) bond motifs is 2. The van der Waals surface area contributed by atoms with Crippen LogP contribution >= 0.6 is 0 Å². The summed E-state index contributed by atoms with van der Waals surface area (Å²) in [6, 6.07) is 16.8. The van der Waals surface area contributed by atoms with E-state index in [1.165, 1.54) is 31.5 Å². The normalized spacial score (nSPS) is 14.2. The van der Waals surface area contributed by atoms with Gasteiger partial charge in [0.1, 0.15) is 5.69 Å². The van der Waals surface area contributed by atoms with Crippen molar-refractivity contribution in [3.8, 4) is 33.8 Å². The molecule has 0 spiro atoms. The maximum atomic E-state index is 4.68. The molecule has 0 radical (unpaired) electrons. The maximum absolute atomic E-state index is 4.68. The highest BCUT2D eigenvalue weighted by Crippen LogP contribution is 2.34. The quantitative estimate of drug-likeness (QED) is 0.331. The number of likely N-dealkylation sites (tertiary alicyclic amines) is 1.